The van der Waals surface area contributed by atoms with Crippen molar-refractivity contribution in [2.24, 2.45) is 0 Å². The Hall–Kier alpha value is -3.10. The first-order valence-electron chi connectivity index (χ1n) is 9.11. The number of hydrogen-bond acceptors (Lipinski definition) is 12. The van der Waals surface area contributed by atoms with E-state index in [0.717, 1.165) is 16.2 Å². The van der Waals surface area contributed by atoms with Crippen molar-refractivity contribution in [1.82, 2.24) is 30.2 Å². The summed E-state index contributed by atoms with van der Waals surface area (Å²) in [6.45, 7) is 0.542. The molecule has 0 saturated heterocycles. The van der Waals surface area contributed by atoms with E-state index in [-0.39, 0.29) is 22.2 Å². The molecular weight excluding hydrogens is 476 g/mol. The molecule has 1 N–H and O–H groups in total. The third kappa shape index (κ3) is 4.56. The Kier molecular flexibility index (Phi) is 6.62. The molecule has 4 rings (SSSR count). The molecule has 11 nitrogen and oxygen atoms in total. The summed E-state index contributed by atoms with van der Waals surface area (Å²) in [6.07, 6.45) is -0.239. The number of thioether (sulfide) groups is 1. The standard InChI is InChI=1S/C18H16N6O5S3/c1-28-12(25)6-10-13-15(26)19-11(20-16(13)32-14(10)17(27)29-2)8-31-18-21-22-23-24(18)7-9-4-3-5-30-9/h3-5H,6-8H2,1-2H3,(H,19,20,26). The maximum Gasteiger partial charge on any atom is 0.348 e. The molecule has 4 aromatic rings. The van der Waals surface area contributed by atoms with Gasteiger partial charge in [0.05, 0.1) is 38.3 Å². The number of thiophene rings is 2. The van der Waals surface area contributed by atoms with E-state index in [9.17, 15) is 14.4 Å². The second-order valence-electron chi connectivity index (χ2n) is 6.33. The molecule has 0 unspecified atom stereocenters. The average molecular weight is 493 g/mol. The van der Waals surface area contributed by atoms with Gasteiger partial charge in [-0.25, -0.2) is 14.5 Å². The van der Waals surface area contributed by atoms with E-state index < -0.39 is 17.5 Å². The summed E-state index contributed by atoms with van der Waals surface area (Å²) >= 11 is 3.93. The van der Waals surface area contributed by atoms with Crippen LogP contribution in [-0.2, 0) is 33.0 Å². The number of tetrazole rings is 1. The smallest absolute Gasteiger partial charge is 0.348 e. The van der Waals surface area contributed by atoms with Crippen LogP contribution in [0.3, 0.4) is 0 Å². The number of ether oxygens (including phenoxy) is 2. The van der Waals surface area contributed by atoms with E-state index >= 15 is 0 Å². The quantitative estimate of drug-likeness (QED) is 0.286. The highest BCUT2D eigenvalue weighted by atomic mass is 32.2. The van der Waals surface area contributed by atoms with Crippen molar-refractivity contribution in [2.45, 2.75) is 23.9 Å². The van der Waals surface area contributed by atoms with Gasteiger partial charge >= 0.3 is 11.9 Å². The van der Waals surface area contributed by atoms with Crippen LogP contribution in [0.2, 0.25) is 0 Å². The van der Waals surface area contributed by atoms with Crippen LogP contribution in [0.25, 0.3) is 10.2 Å². The Labute approximate surface area is 192 Å². The second kappa shape index (κ2) is 9.58. The van der Waals surface area contributed by atoms with Gasteiger partial charge in [0.25, 0.3) is 5.56 Å². The van der Waals surface area contributed by atoms with Gasteiger partial charge in [0.1, 0.15) is 15.5 Å². The average Bonchev–Trinajstić information content (AvgIpc) is 3.53. The Morgan fingerprint density at radius 2 is 2.12 bits per heavy atom. The molecule has 0 spiro atoms. The Morgan fingerprint density at radius 3 is 2.84 bits per heavy atom. The number of aromatic amines is 1. The van der Waals surface area contributed by atoms with Crippen molar-refractivity contribution in [3.8, 4) is 0 Å². The molecule has 0 aliphatic heterocycles. The lowest BCUT2D eigenvalue weighted by Crippen LogP contribution is -2.15. The first-order valence-corrected chi connectivity index (χ1v) is 11.8. The fourth-order valence-corrected chi connectivity index (χ4v) is 5.47. The van der Waals surface area contributed by atoms with Gasteiger partial charge < -0.3 is 14.5 Å². The molecule has 0 aromatic carbocycles. The van der Waals surface area contributed by atoms with Crippen LogP contribution in [-0.4, -0.2) is 56.3 Å². The van der Waals surface area contributed by atoms with Gasteiger partial charge in [-0.2, -0.15) is 0 Å². The summed E-state index contributed by atoms with van der Waals surface area (Å²) < 4.78 is 11.2. The van der Waals surface area contributed by atoms with E-state index in [4.69, 9.17) is 9.47 Å². The fraction of sp³-hybridized carbons (Fsp3) is 0.278. The Bertz CT molecular complexity index is 1330. The molecule has 0 bridgehead atoms. The van der Waals surface area contributed by atoms with Crippen LogP contribution in [0, 0.1) is 0 Å². The Morgan fingerprint density at radius 1 is 1.28 bits per heavy atom. The molecule has 14 heteroatoms. The number of esters is 2. The van der Waals surface area contributed by atoms with Crippen molar-refractivity contribution in [1.29, 1.82) is 0 Å². The van der Waals surface area contributed by atoms with Gasteiger partial charge in [0.2, 0.25) is 5.16 Å². The van der Waals surface area contributed by atoms with Crippen molar-refractivity contribution in [2.75, 3.05) is 14.2 Å². The molecule has 4 aromatic heterocycles. The zero-order chi connectivity index (χ0) is 22.7. The minimum absolute atomic E-state index is 0.149. The fourth-order valence-electron chi connectivity index (χ4n) is 2.90. The zero-order valence-electron chi connectivity index (χ0n) is 16.9. The first-order chi connectivity index (χ1) is 15.5. The molecule has 0 aliphatic rings. The molecule has 4 heterocycles. The topological polar surface area (TPSA) is 142 Å². The van der Waals surface area contributed by atoms with E-state index in [1.165, 1.54) is 26.0 Å². The van der Waals surface area contributed by atoms with Crippen LogP contribution >= 0.6 is 34.4 Å². The van der Waals surface area contributed by atoms with Gasteiger partial charge in [-0.1, -0.05) is 17.8 Å². The number of H-pyrrole nitrogens is 1. The van der Waals surface area contributed by atoms with Crippen LogP contribution in [0.4, 0.5) is 0 Å². The van der Waals surface area contributed by atoms with Gasteiger partial charge in [-0.15, -0.1) is 27.8 Å². The first kappa shape index (κ1) is 22.1. The van der Waals surface area contributed by atoms with Crippen LogP contribution in [0.1, 0.15) is 25.9 Å². The number of nitrogens with one attached hydrogen (secondary N) is 1. The highest BCUT2D eigenvalue weighted by molar-refractivity contribution is 7.98. The number of rotatable bonds is 8. The summed E-state index contributed by atoms with van der Waals surface area (Å²) in [5, 5.41) is 14.5. The third-order valence-electron chi connectivity index (χ3n) is 4.35. The molecule has 32 heavy (non-hydrogen) atoms. The number of carbonyl (C=O) groups excluding carboxylic acids is 2. The summed E-state index contributed by atoms with van der Waals surface area (Å²) in [4.78, 5) is 45.6. The van der Waals surface area contributed by atoms with E-state index in [1.54, 1.807) is 16.0 Å². The lowest BCUT2D eigenvalue weighted by atomic mass is 10.1. The number of fused-ring (bicyclic) bond motifs is 1. The lowest BCUT2D eigenvalue weighted by molar-refractivity contribution is -0.139. The highest BCUT2D eigenvalue weighted by Gasteiger charge is 2.25. The van der Waals surface area contributed by atoms with Crippen LogP contribution in [0.15, 0.2) is 27.5 Å². The Balaban J connectivity index is 1.61. The lowest BCUT2D eigenvalue weighted by Gasteiger charge is -2.04. The SMILES string of the molecule is COC(=O)Cc1c(C(=O)OC)sc2nc(CSc3nnnn3Cc3cccs3)[nH]c(=O)c12. The molecule has 166 valence electrons. The van der Waals surface area contributed by atoms with Gasteiger partial charge in [-0.3, -0.25) is 9.59 Å². The molecule has 0 amide bonds. The van der Waals surface area contributed by atoms with Gasteiger partial charge in [0.15, 0.2) is 0 Å². The van der Waals surface area contributed by atoms with E-state index in [2.05, 4.69) is 25.5 Å². The van der Waals surface area contributed by atoms with E-state index in [1.807, 2.05) is 17.5 Å². The van der Waals surface area contributed by atoms with Gasteiger partial charge in [-0.05, 0) is 21.9 Å². The number of nitrogens with zero attached hydrogens (tertiary/aromatic N) is 5. The molecule has 0 aliphatic carbocycles. The van der Waals surface area contributed by atoms with Crippen molar-refractivity contribution >= 4 is 56.6 Å². The summed E-state index contributed by atoms with van der Waals surface area (Å²) in [7, 11) is 2.47. The van der Waals surface area contributed by atoms with E-state index in [0.29, 0.717) is 28.1 Å². The van der Waals surface area contributed by atoms with Crippen LogP contribution < -0.4 is 5.56 Å². The summed E-state index contributed by atoms with van der Waals surface area (Å²) in [5.74, 6) is -0.532. The minimum Gasteiger partial charge on any atom is -0.469 e. The molecule has 0 saturated carbocycles. The normalized spacial score (nSPS) is 11.1. The minimum atomic E-state index is -0.644. The third-order valence-corrected chi connectivity index (χ3v) is 7.29. The molecule has 0 atom stereocenters. The zero-order valence-corrected chi connectivity index (χ0v) is 19.3. The van der Waals surface area contributed by atoms with Gasteiger partial charge in [0, 0.05) is 10.4 Å². The predicted molar refractivity (Wildman–Crippen MR) is 118 cm³/mol. The molecule has 0 fully saturated rings. The second-order valence-corrected chi connectivity index (χ2v) is 9.31. The predicted octanol–water partition coefficient (Wildman–Crippen LogP) is 1.88. The van der Waals surface area contributed by atoms with Crippen molar-refractivity contribution in [3.05, 3.63) is 49.0 Å². The molecular formula is C18H16N6O5S3. The van der Waals surface area contributed by atoms with Crippen LogP contribution in [0.5, 0.6) is 0 Å². The summed E-state index contributed by atoms with van der Waals surface area (Å²) in [6, 6.07) is 3.95. The molecule has 0 radical (unpaired) electrons. The number of methoxy groups -OCH3 is 2. The largest absolute Gasteiger partial charge is 0.469 e. The number of carbonyl (C=O) groups is 2. The monoisotopic (exact) mass is 492 g/mol. The number of aromatic nitrogens is 6. The van der Waals surface area contributed by atoms with Crippen molar-refractivity contribution in [3.63, 3.8) is 0 Å². The maximum absolute atomic E-state index is 12.8. The summed E-state index contributed by atoms with van der Waals surface area (Å²) in [5.41, 5.74) is -0.203. The maximum atomic E-state index is 12.8. The number of hydrogen-bond donors (Lipinski definition) is 1. The van der Waals surface area contributed by atoms with Crippen molar-refractivity contribution < 1.29 is 19.1 Å². The highest BCUT2D eigenvalue weighted by Crippen LogP contribution is 2.30.